The fourth-order valence-electron chi connectivity index (χ4n) is 1.75. The summed E-state index contributed by atoms with van der Waals surface area (Å²) < 4.78 is 10.2. The number of aliphatic imine (C=N–C) groups is 1. The van der Waals surface area contributed by atoms with Crippen molar-refractivity contribution in [1.29, 1.82) is 0 Å². The maximum absolute atomic E-state index is 11.4. The first-order valence-corrected chi connectivity index (χ1v) is 7.32. The van der Waals surface area contributed by atoms with Gasteiger partial charge in [0, 0.05) is 20.1 Å². The highest BCUT2D eigenvalue weighted by Crippen LogP contribution is 2.10. The van der Waals surface area contributed by atoms with Crippen LogP contribution in [0.1, 0.15) is 25.8 Å². The van der Waals surface area contributed by atoms with Crippen LogP contribution in [0, 0.1) is 0 Å². The molecule has 0 fully saturated rings. The first-order valence-electron chi connectivity index (χ1n) is 7.32. The molecule has 0 spiro atoms. The van der Waals surface area contributed by atoms with E-state index in [2.05, 4.69) is 15.6 Å². The molecule has 130 valence electrons. The number of carbonyl (C=O) groups excluding carboxylic acids is 1. The lowest BCUT2D eigenvalue weighted by molar-refractivity contribution is -0.147. The van der Waals surface area contributed by atoms with E-state index >= 15 is 0 Å². The summed E-state index contributed by atoms with van der Waals surface area (Å²) in [4.78, 5) is 15.5. The first-order chi connectivity index (χ1) is 10.5. The summed E-state index contributed by atoms with van der Waals surface area (Å²) in [6, 6.07) is 7.79. The molecule has 0 aromatic heterocycles. The molecule has 1 aromatic carbocycles. The van der Waals surface area contributed by atoms with Crippen molar-refractivity contribution >= 4 is 35.9 Å². The van der Waals surface area contributed by atoms with Crippen LogP contribution < -0.4 is 15.4 Å². The van der Waals surface area contributed by atoms with E-state index in [0.29, 0.717) is 25.5 Å². The summed E-state index contributed by atoms with van der Waals surface area (Å²) in [6.07, 6.45) is 0.224. The molecule has 6 nitrogen and oxygen atoms in total. The van der Waals surface area contributed by atoms with Crippen LogP contribution in [0.3, 0.4) is 0 Å². The third kappa shape index (κ3) is 9.27. The highest BCUT2D eigenvalue weighted by atomic mass is 127. The standard InChI is InChI=1S/C16H25N3O3.HI/c1-12(2)22-15(20)9-10-18-16(17-3)19-11-13-5-7-14(21-4)8-6-13;/h5-8,12H,9-11H2,1-4H3,(H2,17,18,19);1H. The van der Waals surface area contributed by atoms with Crippen molar-refractivity contribution in [2.24, 2.45) is 4.99 Å². The SMILES string of the molecule is CN=C(NCCC(=O)OC(C)C)NCc1ccc(OC)cc1.I. The van der Waals surface area contributed by atoms with Gasteiger partial charge in [0.15, 0.2) is 5.96 Å². The molecule has 0 heterocycles. The van der Waals surface area contributed by atoms with Gasteiger partial charge in [-0.15, -0.1) is 24.0 Å². The van der Waals surface area contributed by atoms with Gasteiger partial charge in [-0.25, -0.2) is 0 Å². The number of nitrogens with zero attached hydrogens (tertiary/aromatic N) is 1. The van der Waals surface area contributed by atoms with Crippen LogP contribution in [-0.2, 0) is 16.1 Å². The second-order valence-electron chi connectivity index (χ2n) is 4.99. The first kappa shape index (κ1) is 21.5. The second kappa shape index (κ2) is 12.0. The van der Waals surface area contributed by atoms with Crippen LogP contribution in [0.5, 0.6) is 5.75 Å². The minimum absolute atomic E-state index is 0. The minimum Gasteiger partial charge on any atom is -0.497 e. The van der Waals surface area contributed by atoms with E-state index in [1.165, 1.54) is 0 Å². The Morgan fingerprint density at radius 3 is 2.39 bits per heavy atom. The number of guanidine groups is 1. The number of ether oxygens (including phenoxy) is 2. The van der Waals surface area contributed by atoms with E-state index in [1.807, 2.05) is 38.1 Å². The van der Waals surface area contributed by atoms with Crippen molar-refractivity contribution < 1.29 is 14.3 Å². The lowest BCUT2D eigenvalue weighted by atomic mass is 10.2. The summed E-state index contributed by atoms with van der Waals surface area (Å²) in [5.41, 5.74) is 1.11. The van der Waals surface area contributed by atoms with Crippen LogP contribution in [0.15, 0.2) is 29.3 Å². The second-order valence-corrected chi connectivity index (χ2v) is 4.99. The molecule has 0 aliphatic carbocycles. The largest absolute Gasteiger partial charge is 0.497 e. The zero-order chi connectivity index (χ0) is 16.4. The van der Waals surface area contributed by atoms with Gasteiger partial charge in [0.2, 0.25) is 0 Å². The highest BCUT2D eigenvalue weighted by Gasteiger charge is 2.05. The van der Waals surface area contributed by atoms with E-state index in [-0.39, 0.29) is 36.0 Å². The molecule has 0 aliphatic rings. The van der Waals surface area contributed by atoms with Crippen molar-refractivity contribution in [2.75, 3.05) is 20.7 Å². The molecular weight excluding hydrogens is 409 g/mol. The molecule has 0 atom stereocenters. The zero-order valence-corrected chi connectivity index (χ0v) is 16.4. The summed E-state index contributed by atoms with van der Waals surface area (Å²) >= 11 is 0. The molecule has 23 heavy (non-hydrogen) atoms. The van der Waals surface area contributed by atoms with Gasteiger partial charge in [-0.05, 0) is 31.5 Å². The van der Waals surface area contributed by atoms with Gasteiger partial charge in [-0.1, -0.05) is 12.1 Å². The predicted molar refractivity (Wildman–Crippen MR) is 102 cm³/mol. The maximum atomic E-state index is 11.4. The summed E-state index contributed by atoms with van der Waals surface area (Å²) in [5.74, 6) is 1.26. The average Bonchev–Trinajstić information content (AvgIpc) is 2.50. The van der Waals surface area contributed by atoms with Crippen molar-refractivity contribution in [3.63, 3.8) is 0 Å². The summed E-state index contributed by atoms with van der Waals surface area (Å²) in [6.45, 7) is 4.79. The van der Waals surface area contributed by atoms with E-state index in [4.69, 9.17) is 9.47 Å². The Balaban J connectivity index is 0.00000484. The summed E-state index contributed by atoms with van der Waals surface area (Å²) in [5, 5.41) is 6.26. The van der Waals surface area contributed by atoms with Gasteiger partial charge < -0.3 is 20.1 Å². The Kier molecular flexibility index (Phi) is 11.2. The van der Waals surface area contributed by atoms with Crippen LogP contribution in [0.25, 0.3) is 0 Å². The predicted octanol–water partition coefficient (Wildman–Crippen LogP) is 2.32. The number of rotatable bonds is 7. The smallest absolute Gasteiger partial charge is 0.307 e. The Hall–Kier alpha value is -1.51. The van der Waals surface area contributed by atoms with Gasteiger partial charge in [0.05, 0.1) is 19.6 Å². The quantitative estimate of drug-likeness (QED) is 0.298. The van der Waals surface area contributed by atoms with Crippen LogP contribution in [0.4, 0.5) is 0 Å². The number of esters is 1. The minimum atomic E-state index is -0.215. The monoisotopic (exact) mass is 435 g/mol. The van der Waals surface area contributed by atoms with Gasteiger partial charge in [-0.3, -0.25) is 9.79 Å². The van der Waals surface area contributed by atoms with Gasteiger partial charge in [0.25, 0.3) is 0 Å². The number of halogens is 1. The maximum Gasteiger partial charge on any atom is 0.307 e. The van der Waals surface area contributed by atoms with E-state index < -0.39 is 0 Å². The molecule has 0 saturated heterocycles. The van der Waals surface area contributed by atoms with Crippen molar-refractivity contribution in [2.45, 2.75) is 32.9 Å². The van der Waals surface area contributed by atoms with Gasteiger partial charge in [-0.2, -0.15) is 0 Å². The fourth-order valence-corrected chi connectivity index (χ4v) is 1.75. The third-order valence-electron chi connectivity index (χ3n) is 2.83. The Bertz CT molecular complexity index is 490. The number of hydrogen-bond acceptors (Lipinski definition) is 4. The molecule has 1 rings (SSSR count). The van der Waals surface area contributed by atoms with E-state index in [9.17, 15) is 4.79 Å². The van der Waals surface area contributed by atoms with Crippen LogP contribution >= 0.6 is 24.0 Å². The molecule has 0 unspecified atom stereocenters. The molecule has 7 heteroatoms. The molecular formula is C16H26IN3O3. The van der Waals surface area contributed by atoms with Crippen LogP contribution in [-0.4, -0.2) is 38.7 Å². The molecule has 0 aliphatic heterocycles. The highest BCUT2D eigenvalue weighted by molar-refractivity contribution is 14.0. The molecule has 0 bridgehead atoms. The van der Waals surface area contributed by atoms with Gasteiger partial charge in [0.1, 0.15) is 5.75 Å². The molecule has 0 saturated carbocycles. The average molecular weight is 435 g/mol. The van der Waals surface area contributed by atoms with Crippen molar-refractivity contribution in [1.82, 2.24) is 10.6 Å². The summed E-state index contributed by atoms with van der Waals surface area (Å²) in [7, 11) is 3.33. The van der Waals surface area contributed by atoms with Gasteiger partial charge >= 0.3 is 5.97 Å². The Morgan fingerprint density at radius 2 is 1.87 bits per heavy atom. The third-order valence-corrected chi connectivity index (χ3v) is 2.83. The number of nitrogens with one attached hydrogen (secondary N) is 2. The van der Waals surface area contributed by atoms with Crippen molar-refractivity contribution in [3.8, 4) is 5.75 Å². The number of methoxy groups -OCH3 is 1. The normalized spacial score (nSPS) is 10.7. The topological polar surface area (TPSA) is 72.0 Å². The zero-order valence-electron chi connectivity index (χ0n) is 14.1. The Morgan fingerprint density at radius 1 is 1.22 bits per heavy atom. The molecule has 1 aromatic rings. The van der Waals surface area contributed by atoms with Crippen molar-refractivity contribution in [3.05, 3.63) is 29.8 Å². The molecule has 0 radical (unpaired) electrons. The van der Waals surface area contributed by atoms with Crippen LogP contribution in [0.2, 0.25) is 0 Å². The molecule has 0 amide bonds. The lowest BCUT2D eigenvalue weighted by Crippen LogP contribution is -2.38. The number of hydrogen-bond donors (Lipinski definition) is 2. The number of benzene rings is 1. The fraction of sp³-hybridized carbons (Fsp3) is 0.500. The van der Waals surface area contributed by atoms with E-state index in [0.717, 1.165) is 11.3 Å². The lowest BCUT2D eigenvalue weighted by Gasteiger charge is -2.12. The Labute approximate surface area is 155 Å². The van der Waals surface area contributed by atoms with E-state index in [1.54, 1.807) is 14.2 Å². The molecule has 2 N–H and O–H groups in total. The number of carbonyl (C=O) groups is 1.